The highest BCUT2D eigenvalue weighted by Crippen LogP contribution is 2.31. The van der Waals surface area contributed by atoms with Crippen molar-refractivity contribution in [2.45, 2.75) is 77.2 Å². The predicted molar refractivity (Wildman–Crippen MR) is 88.4 cm³/mol. The Kier molecular flexibility index (Phi) is 4.59. The van der Waals surface area contributed by atoms with Crippen molar-refractivity contribution in [3.8, 4) is 0 Å². The summed E-state index contributed by atoms with van der Waals surface area (Å²) in [5.74, 6) is 0. The fraction of sp³-hybridized carbons (Fsp3) is 0.684. The molecule has 112 valence electrons. The minimum Gasteiger partial charge on any atom is -0.314 e. The molecule has 0 spiro atoms. The van der Waals surface area contributed by atoms with E-state index >= 15 is 0 Å². The molecule has 1 N–H and O–H groups in total. The zero-order valence-electron chi connectivity index (χ0n) is 13.9. The van der Waals surface area contributed by atoms with Gasteiger partial charge in [0.2, 0.25) is 0 Å². The van der Waals surface area contributed by atoms with Gasteiger partial charge >= 0.3 is 0 Å². The van der Waals surface area contributed by atoms with Crippen LogP contribution in [0.25, 0.3) is 0 Å². The van der Waals surface area contributed by atoms with Gasteiger partial charge < -0.3 is 5.32 Å². The monoisotopic (exact) mass is 273 g/mol. The molecule has 0 amide bonds. The lowest BCUT2D eigenvalue weighted by atomic mass is 9.78. The highest BCUT2D eigenvalue weighted by molar-refractivity contribution is 5.31. The van der Waals surface area contributed by atoms with Gasteiger partial charge in [0.15, 0.2) is 0 Å². The summed E-state index contributed by atoms with van der Waals surface area (Å²) < 4.78 is 0. The van der Waals surface area contributed by atoms with Crippen molar-refractivity contribution >= 4 is 0 Å². The Balaban J connectivity index is 1.99. The Morgan fingerprint density at radius 3 is 1.90 bits per heavy atom. The smallest absolute Gasteiger partial charge is 0.00682 e. The summed E-state index contributed by atoms with van der Waals surface area (Å²) in [5.41, 5.74) is 3.47. The minimum absolute atomic E-state index is 0.261. The first-order chi connectivity index (χ1) is 9.35. The molecular weight excluding hydrogens is 242 g/mol. The molecular formula is C19H31N. The zero-order valence-corrected chi connectivity index (χ0v) is 13.9. The summed E-state index contributed by atoms with van der Waals surface area (Å²) in [6.07, 6.45) is 5.14. The average Bonchev–Trinajstić information content (AvgIpc) is 3.23. The fourth-order valence-electron chi connectivity index (χ4n) is 2.60. The molecule has 2 rings (SSSR count). The molecule has 1 fully saturated rings. The average molecular weight is 273 g/mol. The predicted octanol–water partition coefficient (Wildman–Crippen LogP) is 4.79. The Labute approximate surface area is 125 Å². The highest BCUT2D eigenvalue weighted by Gasteiger charge is 2.25. The lowest BCUT2D eigenvalue weighted by Crippen LogP contribution is -2.26. The standard InChI is InChI=1S/C19H31N/c1-6-18(2,3)15-7-9-16(10-8-15)19(4,5)13-14-20-17-11-12-17/h7-10,17,20H,6,11-14H2,1-5H3. The van der Waals surface area contributed by atoms with Gasteiger partial charge in [0.25, 0.3) is 0 Å². The molecule has 0 unspecified atom stereocenters. The summed E-state index contributed by atoms with van der Waals surface area (Å²) >= 11 is 0. The number of hydrogen-bond acceptors (Lipinski definition) is 1. The molecule has 0 atom stereocenters. The van der Waals surface area contributed by atoms with Crippen molar-refractivity contribution in [2.75, 3.05) is 6.54 Å². The molecule has 1 aromatic rings. The van der Waals surface area contributed by atoms with Crippen molar-refractivity contribution in [1.82, 2.24) is 5.32 Å². The van der Waals surface area contributed by atoms with E-state index in [0.717, 1.165) is 12.6 Å². The van der Waals surface area contributed by atoms with Crippen molar-refractivity contribution < 1.29 is 0 Å². The maximum atomic E-state index is 3.63. The van der Waals surface area contributed by atoms with Crippen LogP contribution in [0.3, 0.4) is 0 Å². The van der Waals surface area contributed by atoms with Gasteiger partial charge in [-0.3, -0.25) is 0 Å². The van der Waals surface area contributed by atoms with E-state index in [2.05, 4.69) is 64.2 Å². The molecule has 20 heavy (non-hydrogen) atoms. The number of nitrogens with one attached hydrogen (secondary N) is 1. The van der Waals surface area contributed by atoms with Crippen LogP contribution >= 0.6 is 0 Å². The van der Waals surface area contributed by atoms with Gasteiger partial charge in [-0.25, -0.2) is 0 Å². The van der Waals surface area contributed by atoms with E-state index < -0.39 is 0 Å². The largest absolute Gasteiger partial charge is 0.314 e. The summed E-state index contributed by atoms with van der Waals surface area (Å²) in [6, 6.07) is 10.1. The summed E-state index contributed by atoms with van der Waals surface area (Å²) in [5, 5.41) is 3.63. The van der Waals surface area contributed by atoms with E-state index in [1.807, 2.05) is 0 Å². The van der Waals surface area contributed by atoms with Crippen LogP contribution in [-0.2, 0) is 10.8 Å². The number of benzene rings is 1. The molecule has 0 bridgehead atoms. The van der Waals surface area contributed by atoms with E-state index in [1.165, 1.54) is 36.8 Å². The number of rotatable bonds is 7. The van der Waals surface area contributed by atoms with E-state index in [1.54, 1.807) is 0 Å². The number of hydrogen-bond donors (Lipinski definition) is 1. The second kappa shape index (κ2) is 5.89. The van der Waals surface area contributed by atoms with Crippen LogP contribution in [0.5, 0.6) is 0 Å². The molecule has 0 aromatic heterocycles. The molecule has 1 saturated carbocycles. The minimum atomic E-state index is 0.261. The first kappa shape index (κ1) is 15.6. The van der Waals surface area contributed by atoms with Crippen molar-refractivity contribution in [3.05, 3.63) is 35.4 Å². The van der Waals surface area contributed by atoms with Gasteiger partial charge in [-0.15, -0.1) is 0 Å². The van der Waals surface area contributed by atoms with Crippen molar-refractivity contribution in [2.24, 2.45) is 0 Å². The Hall–Kier alpha value is -0.820. The van der Waals surface area contributed by atoms with Gasteiger partial charge in [0, 0.05) is 6.04 Å². The SMILES string of the molecule is CCC(C)(C)c1ccc(C(C)(C)CCNC2CC2)cc1. The third-order valence-electron chi connectivity index (χ3n) is 5.09. The molecule has 1 heteroatoms. The Morgan fingerprint density at radius 1 is 0.950 bits per heavy atom. The topological polar surface area (TPSA) is 12.0 Å². The zero-order chi connectivity index (χ0) is 14.8. The van der Waals surface area contributed by atoms with E-state index in [0.29, 0.717) is 0 Å². The van der Waals surface area contributed by atoms with Gasteiger partial charge in [0.05, 0.1) is 0 Å². The molecule has 0 heterocycles. The Bertz CT molecular complexity index is 424. The van der Waals surface area contributed by atoms with Gasteiger partial charge in [-0.1, -0.05) is 58.9 Å². The van der Waals surface area contributed by atoms with E-state index in [4.69, 9.17) is 0 Å². The second-order valence-corrected chi connectivity index (χ2v) is 7.68. The highest BCUT2D eigenvalue weighted by atomic mass is 14.9. The van der Waals surface area contributed by atoms with Gasteiger partial charge in [0.1, 0.15) is 0 Å². The van der Waals surface area contributed by atoms with Crippen LogP contribution in [-0.4, -0.2) is 12.6 Å². The van der Waals surface area contributed by atoms with Gasteiger partial charge in [-0.05, 0) is 54.2 Å². The second-order valence-electron chi connectivity index (χ2n) is 7.68. The molecule has 1 nitrogen and oxygen atoms in total. The first-order valence-electron chi connectivity index (χ1n) is 8.19. The first-order valence-corrected chi connectivity index (χ1v) is 8.19. The van der Waals surface area contributed by atoms with Gasteiger partial charge in [-0.2, -0.15) is 0 Å². The Morgan fingerprint density at radius 2 is 1.45 bits per heavy atom. The third-order valence-corrected chi connectivity index (χ3v) is 5.09. The lowest BCUT2D eigenvalue weighted by molar-refractivity contribution is 0.454. The van der Waals surface area contributed by atoms with Crippen LogP contribution in [0, 0.1) is 0 Å². The normalized spacial score (nSPS) is 16.4. The maximum absolute atomic E-state index is 3.63. The fourth-order valence-corrected chi connectivity index (χ4v) is 2.60. The molecule has 1 aromatic carbocycles. The summed E-state index contributed by atoms with van der Waals surface area (Å²) in [6.45, 7) is 12.8. The molecule has 1 aliphatic rings. The van der Waals surface area contributed by atoms with E-state index in [-0.39, 0.29) is 10.8 Å². The van der Waals surface area contributed by atoms with Crippen LogP contribution in [0.4, 0.5) is 0 Å². The van der Waals surface area contributed by atoms with Crippen LogP contribution in [0.1, 0.15) is 71.4 Å². The van der Waals surface area contributed by atoms with Crippen LogP contribution in [0.2, 0.25) is 0 Å². The lowest BCUT2D eigenvalue weighted by Gasteiger charge is -2.28. The summed E-state index contributed by atoms with van der Waals surface area (Å²) in [7, 11) is 0. The van der Waals surface area contributed by atoms with E-state index in [9.17, 15) is 0 Å². The van der Waals surface area contributed by atoms with Crippen LogP contribution in [0.15, 0.2) is 24.3 Å². The molecule has 0 aliphatic heterocycles. The molecule has 0 radical (unpaired) electrons. The molecule has 0 saturated heterocycles. The maximum Gasteiger partial charge on any atom is 0.00682 e. The summed E-state index contributed by atoms with van der Waals surface area (Å²) in [4.78, 5) is 0. The quantitative estimate of drug-likeness (QED) is 0.753. The van der Waals surface area contributed by atoms with Crippen LogP contribution < -0.4 is 5.32 Å². The van der Waals surface area contributed by atoms with Crippen molar-refractivity contribution in [1.29, 1.82) is 0 Å². The molecule has 1 aliphatic carbocycles. The third kappa shape index (κ3) is 3.85. The van der Waals surface area contributed by atoms with Crippen molar-refractivity contribution in [3.63, 3.8) is 0 Å².